The number of aliphatic hydroxyl groups is 2. The van der Waals surface area contributed by atoms with Gasteiger partial charge in [0.2, 0.25) is 41.6 Å². The number of nitrogens with one attached hydrogen (secondary N) is 6. The van der Waals surface area contributed by atoms with E-state index in [-0.39, 0.29) is 99.5 Å². The highest BCUT2D eigenvalue weighted by Crippen LogP contribution is 2.18. The molecule has 0 spiro atoms. The molecule has 3 aromatic rings. The molecule has 0 fully saturated rings. The molecule has 24 nitrogen and oxygen atoms in total. The minimum Gasteiger partial charge on any atom is -0.394 e. The van der Waals surface area contributed by atoms with Crippen LogP contribution >= 0.6 is 12.0 Å². The van der Waals surface area contributed by atoms with Gasteiger partial charge in [-0.15, -0.1) is 4.33 Å². The average molecular weight is 693 g/mol. The normalized spacial score (nSPS) is 11.2. The highest BCUT2D eigenvalue weighted by Gasteiger charge is 2.13. The number of rotatable bonds is 24. The van der Waals surface area contributed by atoms with E-state index in [0.717, 1.165) is 12.0 Å². The summed E-state index contributed by atoms with van der Waals surface area (Å²) in [7, 11) is -4.38. The first kappa shape index (κ1) is 36.3. The van der Waals surface area contributed by atoms with Crippen LogP contribution in [0.1, 0.15) is 0 Å². The quantitative estimate of drug-likeness (QED) is 0.0133. The van der Waals surface area contributed by atoms with Crippen molar-refractivity contribution in [2.45, 2.75) is 0 Å². The number of nitrogens with zero attached hydrogens (tertiary/aromatic N) is 8. The lowest BCUT2D eigenvalue weighted by Crippen LogP contribution is -2.18. The molecule has 3 aromatic heterocycles. The Labute approximate surface area is 265 Å². The molecule has 254 valence electrons. The molecule has 0 aromatic carbocycles. The van der Waals surface area contributed by atoms with Crippen LogP contribution in [0.25, 0.3) is 0 Å². The van der Waals surface area contributed by atoms with Crippen LogP contribution in [0.2, 0.25) is 0 Å². The van der Waals surface area contributed by atoms with Gasteiger partial charge in [-0.2, -0.15) is 43.3 Å². The second-order valence-electron chi connectivity index (χ2n) is 8.14. The number of anilines is 8. The van der Waals surface area contributed by atoms with E-state index in [1.54, 1.807) is 0 Å². The molecule has 0 radical (unpaired) electrons. The van der Waals surface area contributed by atoms with Crippen molar-refractivity contribution in [3.8, 4) is 0 Å². The summed E-state index contributed by atoms with van der Waals surface area (Å²) in [5.41, 5.74) is 0. The standard InChI is InChI=1S/C20H32N14O10S2/c35-5-9-41-7-3-22-15-28-17(24-11-45-44-43-37)33-20(32-15)30-14-21-2-1-13(26-14)27-19-31-16(23-4-8-42-10-6-36)29-18(34-19)25-12-46(38,39)40/h1-2,35-37H,3-12H2,(H,38,39,40)(H6,21,22,23,24,25,26,27,28,29,30,31,32,33,34). The van der Waals surface area contributed by atoms with Gasteiger partial charge in [0.15, 0.2) is 0 Å². The Morgan fingerprint density at radius 3 is 1.80 bits per heavy atom. The van der Waals surface area contributed by atoms with Gasteiger partial charge in [-0.05, 0) is 6.07 Å². The van der Waals surface area contributed by atoms with Crippen LogP contribution < -0.4 is 31.9 Å². The molecule has 46 heavy (non-hydrogen) atoms. The summed E-state index contributed by atoms with van der Waals surface area (Å²) in [6, 6.07) is 1.50. The van der Waals surface area contributed by atoms with Gasteiger partial charge >= 0.3 is 0 Å². The van der Waals surface area contributed by atoms with Gasteiger partial charge in [0.25, 0.3) is 10.1 Å². The van der Waals surface area contributed by atoms with Gasteiger partial charge in [0.1, 0.15) is 11.7 Å². The second kappa shape index (κ2) is 20.1. The Hall–Kier alpha value is -4.12. The molecule has 0 saturated carbocycles. The van der Waals surface area contributed by atoms with E-state index < -0.39 is 16.0 Å². The number of hydrogen-bond acceptors (Lipinski definition) is 24. The Kier molecular flexibility index (Phi) is 15.9. The van der Waals surface area contributed by atoms with E-state index >= 15 is 0 Å². The van der Waals surface area contributed by atoms with Crippen molar-refractivity contribution in [3.63, 3.8) is 0 Å². The Morgan fingerprint density at radius 1 is 0.696 bits per heavy atom. The molecule has 0 aliphatic heterocycles. The maximum Gasteiger partial charge on any atom is 0.283 e. The molecular weight excluding hydrogens is 660 g/mol. The lowest BCUT2D eigenvalue weighted by Gasteiger charge is -2.12. The number of ether oxygens (including phenoxy) is 2. The average Bonchev–Trinajstić information content (AvgIpc) is 3.02. The zero-order valence-corrected chi connectivity index (χ0v) is 25.5. The fourth-order valence-corrected chi connectivity index (χ4v) is 3.57. The van der Waals surface area contributed by atoms with Gasteiger partial charge in [-0.1, -0.05) is 5.04 Å². The lowest BCUT2D eigenvalue weighted by atomic mass is 10.5. The van der Waals surface area contributed by atoms with Crippen molar-refractivity contribution in [1.82, 2.24) is 39.9 Å². The minimum absolute atomic E-state index is 0.0320. The van der Waals surface area contributed by atoms with Gasteiger partial charge in [0.05, 0.1) is 57.6 Å². The predicted molar refractivity (Wildman–Crippen MR) is 162 cm³/mol. The summed E-state index contributed by atoms with van der Waals surface area (Å²) in [5.74, 6) is -0.423. The molecule has 3 heterocycles. The van der Waals surface area contributed by atoms with Crippen molar-refractivity contribution in [3.05, 3.63) is 12.3 Å². The molecule has 0 aliphatic rings. The summed E-state index contributed by atoms with van der Waals surface area (Å²) in [4.78, 5) is 33.6. The van der Waals surface area contributed by atoms with Crippen molar-refractivity contribution >= 4 is 69.6 Å². The van der Waals surface area contributed by atoms with E-state index in [1.807, 2.05) is 0 Å². The summed E-state index contributed by atoms with van der Waals surface area (Å²) in [6.45, 7) is 1.12. The van der Waals surface area contributed by atoms with Gasteiger partial charge in [-0.3, -0.25) is 9.87 Å². The van der Waals surface area contributed by atoms with Crippen LogP contribution in [-0.4, -0.2) is 133 Å². The molecule has 0 atom stereocenters. The fraction of sp³-hybridized carbons (Fsp3) is 0.500. The summed E-state index contributed by atoms with van der Waals surface area (Å²) < 4.78 is 46.2. The van der Waals surface area contributed by atoms with Crippen LogP contribution in [0.15, 0.2) is 12.3 Å². The van der Waals surface area contributed by atoms with Crippen LogP contribution in [0, 0.1) is 0 Å². The fourth-order valence-electron chi connectivity index (χ4n) is 2.98. The molecule has 0 unspecified atom stereocenters. The van der Waals surface area contributed by atoms with Crippen molar-refractivity contribution in [1.29, 1.82) is 0 Å². The van der Waals surface area contributed by atoms with Gasteiger partial charge in [-0.25, -0.2) is 10.2 Å². The monoisotopic (exact) mass is 692 g/mol. The molecule has 0 aliphatic carbocycles. The molecule has 10 N–H and O–H groups in total. The highest BCUT2D eigenvalue weighted by atomic mass is 32.2. The third kappa shape index (κ3) is 14.8. The molecule has 0 bridgehead atoms. The van der Waals surface area contributed by atoms with Gasteiger partial charge < -0.3 is 46.3 Å². The van der Waals surface area contributed by atoms with E-state index in [9.17, 15) is 8.42 Å². The lowest BCUT2D eigenvalue weighted by molar-refractivity contribution is -0.432. The summed E-state index contributed by atoms with van der Waals surface area (Å²) >= 11 is 0.723. The maximum absolute atomic E-state index is 11.2. The zero-order valence-electron chi connectivity index (χ0n) is 23.9. The summed E-state index contributed by atoms with van der Waals surface area (Å²) in [5, 5.41) is 46.3. The van der Waals surface area contributed by atoms with Crippen LogP contribution in [0.5, 0.6) is 0 Å². The predicted octanol–water partition coefficient (Wildman–Crippen LogP) is -1.13. The van der Waals surface area contributed by atoms with Crippen molar-refractivity contribution in [2.75, 3.05) is 96.4 Å². The second-order valence-corrected chi connectivity index (χ2v) is 10.3. The van der Waals surface area contributed by atoms with E-state index in [0.29, 0.717) is 6.54 Å². The third-order valence-corrected chi connectivity index (χ3v) is 5.63. The number of aliphatic hydroxyl groups excluding tert-OH is 2. The zero-order chi connectivity index (χ0) is 33.0. The van der Waals surface area contributed by atoms with Crippen molar-refractivity contribution < 1.29 is 47.3 Å². The van der Waals surface area contributed by atoms with E-state index in [4.69, 9.17) is 29.5 Å². The van der Waals surface area contributed by atoms with Crippen molar-refractivity contribution in [2.24, 2.45) is 0 Å². The first-order valence-corrected chi connectivity index (χ1v) is 15.6. The topological polar surface area (TPSA) is 327 Å². The highest BCUT2D eigenvalue weighted by molar-refractivity contribution is 7.94. The SMILES string of the molecule is O=S(=O)(O)CNc1nc(NCCOCCO)nc(Nc2ccnc(Nc3nc(NCCOCCO)nc(NCSOOO)n3)n2)n1. The number of aromatic nitrogens is 8. The Bertz CT molecular complexity index is 1450. The maximum atomic E-state index is 11.2. The Balaban J connectivity index is 1.75. The molecular formula is C20H32N14O10S2. The molecule has 0 saturated heterocycles. The van der Waals surface area contributed by atoms with Gasteiger partial charge in [0, 0.05) is 19.3 Å². The molecule has 26 heteroatoms. The van der Waals surface area contributed by atoms with Crippen LogP contribution in [0.4, 0.5) is 47.5 Å². The number of hydrogen-bond donors (Lipinski definition) is 10. The first-order chi connectivity index (χ1) is 22.3. The van der Waals surface area contributed by atoms with E-state index in [2.05, 4.69) is 81.1 Å². The Morgan fingerprint density at radius 2 is 1.24 bits per heavy atom. The summed E-state index contributed by atoms with van der Waals surface area (Å²) in [6.07, 6.45) is 1.41. The van der Waals surface area contributed by atoms with Crippen LogP contribution in [-0.2, 0) is 29.0 Å². The largest absolute Gasteiger partial charge is 0.394 e. The minimum atomic E-state index is -4.38. The molecule has 0 amide bonds. The molecule has 3 rings (SSSR count). The first-order valence-electron chi connectivity index (χ1n) is 13.0. The van der Waals surface area contributed by atoms with E-state index in [1.165, 1.54) is 12.3 Å². The smallest absolute Gasteiger partial charge is 0.283 e. The third-order valence-electron chi connectivity index (χ3n) is 4.70. The van der Waals surface area contributed by atoms with Crippen LogP contribution in [0.3, 0.4) is 0 Å².